The number of benzene rings is 1. The van der Waals surface area contributed by atoms with Gasteiger partial charge in [-0.25, -0.2) is 9.78 Å². The lowest BCUT2D eigenvalue weighted by Gasteiger charge is -2.34. The Kier molecular flexibility index (Phi) is 6.02. The quantitative estimate of drug-likeness (QED) is 0.862. The molecule has 156 valence electrons. The average Bonchev–Trinajstić information content (AvgIpc) is 3.16. The SMILES string of the molecule is CCc1nc2ccccc2n1C1CCN(C(=O)NCC(=O)N2CCCCC2)CC1. The van der Waals surface area contributed by atoms with Gasteiger partial charge >= 0.3 is 6.03 Å². The summed E-state index contributed by atoms with van der Waals surface area (Å²) in [6.07, 6.45) is 6.03. The van der Waals surface area contributed by atoms with Crippen LogP contribution in [0.3, 0.4) is 0 Å². The number of urea groups is 1. The number of nitrogens with one attached hydrogen (secondary N) is 1. The second-order valence-electron chi connectivity index (χ2n) is 8.06. The number of imidazole rings is 1. The van der Waals surface area contributed by atoms with Crippen molar-refractivity contribution >= 4 is 23.0 Å². The van der Waals surface area contributed by atoms with Gasteiger partial charge in [-0.2, -0.15) is 0 Å². The molecular weight excluding hydrogens is 366 g/mol. The van der Waals surface area contributed by atoms with E-state index in [9.17, 15) is 9.59 Å². The van der Waals surface area contributed by atoms with E-state index < -0.39 is 0 Å². The van der Waals surface area contributed by atoms with E-state index in [1.165, 1.54) is 11.9 Å². The van der Waals surface area contributed by atoms with Crippen LogP contribution in [0.2, 0.25) is 0 Å². The third-order valence-electron chi connectivity index (χ3n) is 6.20. The van der Waals surface area contributed by atoms with Crippen molar-refractivity contribution in [3.05, 3.63) is 30.1 Å². The van der Waals surface area contributed by atoms with E-state index in [1.54, 1.807) is 0 Å². The molecule has 0 atom stereocenters. The zero-order valence-electron chi connectivity index (χ0n) is 17.3. The molecule has 1 aromatic heterocycles. The predicted molar refractivity (Wildman–Crippen MR) is 113 cm³/mol. The van der Waals surface area contributed by atoms with E-state index in [0.29, 0.717) is 19.1 Å². The van der Waals surface area contributed by atoms with Gasteiger partial charge < -0.3 is 19.7 Å². The fourth-order valence-corrected chi connectivity index (χ4v) is 4.60. The Bertz CT molecular complexity index is 863. The summed E-state index contributed by atoms with van der Waals surface area (Å²) >= 11 is 0. The number of aromatic nitrogens is 2. The van der Waals surface area contributed by atoms with Crippen LogP contribution in [-0.4, -0.2) is 64.0 Å². The first-order valence-corrected chi connectivity index (χ1v) is 10.9. The summed E-state index contributed by atoms with van der Waals surface area (Å²) in [5.41, 5.74) is 2.22. The van der Waals surface area contributed by atoms with Crippen molar-refractivity contribution in [1.82, 2.24) is 24.7 Å². The molecule has 1 N–H and O–H groups in total. The molecule has 1 aromatic carbocycles. The van der Waals surface area contributed by atoms with Gasteiger partial charge in [0.25, 0.3) is 0 Å². The Morgan fingerprint density at radius 3 is 2.48 bits per heavy atom. The van der Waals surface area contributed by atoms with Gasteiger partial charge in [-0.3, -0.25) is 4.79 Å². The molecule has 0 aliphatic carbocycles. The summed E-state index contributed by atoms with van der Waals surface area (Å²) in [5, 5.41) is 2.83. The Balaban J connectivity index is 1.32. The van der Waals surface area contributed by atoms with E-state index >= 15 is 0 Å². The molecule has 0 spiro atoms. The van der Waals surface area contributed by atoms with Gasteiger partial charge in [0.2, 0.25) is 5.91 Å². The smallest absolute Gasteiger partial charge is 0.317 e. The van der Waals surface area contributed by atoms with Crippen molar-refractivity contribution < 1.29 is 9.59 Å². The maximum atomic E-state index is 12.5. The third-order valence-corrected chi connectivity index (χ3v) is 6.20. The number of amides is 3. The lowest BCUT2D eigenvalue weighted by Crippen LogP contribution is -2.48. The maximum absolute atomic E-state index is 12.5. The molecule has 0 radical (unpaired) electrons. The minimum Gasteiger partial charge on any atom is -0.341 e. The summed E-state index contributed by atoms with van der Waals surface area (Å²) in [6.45, 7) is 5.27. The topological polar surface area (TPSA) is 70.5 Å². The van der Waals surface area contributed by atoms with E-state index in [4.69, 9.17) is 4.98 Å². The first-order chi connectivity index (χ1) is 14.2. The molecule has 2 saturated heterocycles. The molecule has 3 heterocycles. The number of piperidine rings is 2. The van der Waals surface area contributed by atoms with E-state index in [0.717, 1.165) is 56.5 Å². The van der Waals surface area contributed by atoms with Crippen molar-refractivity contribution in [2.24, 2.45) is 0 Å². The summed E-state index contributed by atoms with van der Waals surface area (Å²) in [5.74, 6) is 1.15. The van der Waals surface area contributed by atoms with Gasteiger partial charge in [0, 0.05) is 38.6 Å². The van der Waals surface area contributed by atoms with Crippen molar-refractivity contribution in [1.29, 1.82) is 0 Å². The van der Waals surface area contributed by atoms with Crippen LogP contribution in [0.4, 0.5) is 4.79 Å². The number of fused-ring (bicyclic) bond motifs is 1. The van der Waals surface area contributed by atoms with Crippen LogP contribution in [0, 0.1) is 0 Å². The highest BCUT2D eigenvalue weighted by Crippen LogP contribution is 2.29. The second-order valence-corrected chi connectivity index (χ2v) is 8.06. The van der Waals surface area contributed by atoms with Crippen LogP contribution in [0.15, 0.2) is 24.3 Å². The molecule has 29 heavy (non-hydrogen) atoms. The standard InChI is InChI=1S/C22H31N5O2/c1-2-20-24-18-8-4-5-9-19(18)27(20)17-10-14-26(15-11-17)22(29)23-16-21(28)25-12-6-3-7-13-25/h4-5,8-9,17H,2-3,6-7,10-16H2,1H3,(H,23,29). The van der Waals surface area contributed by atoms with E-state index in [1.807, 2.05) is 15.9 Å². The molecule has 7 nitrogen and oxygen atoms in total. The number of para-hydroxylation sites is 2. The van der Waals surface area contributed by atoms with Gasteiger partial charge in [0.15, 0.2) is 0 Å². The summed E-state index contributed by atoms with van der Waals surface area (Å²) in [6, 6.07) is 8.51. The van der Waals surface area contributed by atoms with Crippen molar-refractivity contribution in [3.63, 3.8) is 0 Å². The van der Waals surface area contributed by atoms with Crippen LogP contribution in [0.1, 0.15) is 50.9 Å². The number of likely N-dealkylation sites (tertiary alicyclic amines) is 2. The molecule has 0 saturated carbocycles. The number of rotatable bonds is 4. The van der Waals surface area contributed by atoms with Crippen molar-refractivity contribution in [2.75, 3.05) is 32.7 Å². The van der Waals surface area contributed by atoms with Crippen LogP contribution >= 0.6 is 0 Å². The van der Waals surface area contributed by atoms with Gasteiger partial charge in [-0.05, 0) is 44.2 Å². The zero-order valence-corrected chi connectivity index (χ0v) is 17.3. The normalized spacial score (nSPS) is 18.2. The van der Waals surface area contributed by atoms with Crippen LogP contribution < -0.4 is 5.32 Å². The first kappa shape index (κ1) is 19.7. The Morgan fingerprint density at radius 1 is 1.03 bits per heavy atom. The molecule has 0 bridgehead atoms. The predicted octanol–water partition coefficient (Wildman–Crippen LogP) is 2.96. The highest BCUT2D eigenvalue weighted by Gasteiger charge is 2.27. The molecule has 2 aromatic rings. The van der Waals surface area contributed by atoms with E-state index in [-0.39, 0.29) is 18.5 Å². The largest absolute Gasteiger partial charge is 0.341 e. The molecular formula is C22H31N5O2. The molecule has 7 heteroatoms. The molecule has 2 fully saturated rings. The minimum atomic E-state index is -0.125. The van der Waals surface area contributed by atoms with Gasteiger partial charge in [-0.1, -0.05) is 19.1 Å². The van der Waals surface area contributed by atoms with E-state index in [2.05, 4.69) is 35.0 Å². The molecule has 2 aliphatic heterocycles. The minimum absolute atomic E-state index is 0.0328. The number of carbonyl (C=O) groups is 2. The Hall–Kier alpha value is -2.57. The number of aryl methyl sites for hydroxylation is 1. The van der Waals surface area contributed by atoms with Crippen LogP contribution in [0.25, 0.3) is 11.0 Å². The average molecular weight is 398 g/mol. The Labute approximate surface area is 172 Å². The maximum Gasteiger partial charge on any atom is 0.317 e. The van der Waals surface area contributed by atoms with Crippen LogP contribution in [0.5, 0.6) is 0 Å². The summed E-state index contributed by atoms with van der Waals surface area (Å²) in [7, 11) is 0. The first-order valence-electron chi connectivity index (χ1n) is 10.9. The van der Waals surface area contributed by atoms with Crippen molar-refractivity contribution in [2.45, 2.75) is 51.5 Å². The molecule has 2 aliphatic rings. The highest BCUT2D eigenvalue weighted by atomic mass is 16.2. The van der Waals surface area contributed by atoms with Crippen molar-refractivity contribution in [3.8, 4) is 0 Å². The fraction of sp³-hybridized carbons (Fsp3) is 0.591. The number of hydrogen-bond acceptors (Lipinski definition) is 3. The molecule has 4 rings (SSSR count). The number of hydrogen-bond donors (Lipinski definition) is 1. The molecule has 0 unspecified atom stereocenters. The van der Waals surface area contributed by atoms with Gasteiger partial charge in [0.1, 0.15) is 5.82 Å². The Morgan fingerprint density at radius 2 is 1.76 bits per heavy atom. The van der Waals surface area contributed by atoms with Gasteiger partial charge in [-0.15, -0.1) is 0 Å². The second kappa shape index (κ2) is 8.84. The summed E-state index contributed by atoms with van der Waals surface area (Å²) < 4.78 is 2.37. The third kappa shape index (κ3) is 4.23. The number of carbonyl (C=O) groups excluding carboxylic acids is 2. The number of nitrogens with zero attached hydrogens (tertiary/aromatic N) is 4. The lowest BCUT2D eigenvalue weighted by molar-refractivity contribution is -0.130. The lowest BCUT2D eigenvalue weighted by atomic mass is 10.0. The van der Waals surface area contributed by atoms with Crippen LogP contribution in [-0.2, 0) is 11.2 Å². The molecule has 3 amide bonds. The zero-order chi connectivity index (χ0) is 20.2. The summed E-state index contributed by atoms with van der Waals surface area (Å²) in [4.78, 5) is 33.3. The fourth-order valence-electron chi connectivity index (χ4n) is 4.60. The highest BCUT2D eigenvalue weighted by molar-refractivity contribution is 5.84. The van der Waals surface area contributed by atoms with Gasteiger partial charge in [0.05, 0.1) is 17.6 Å². The monoisotopic (exact) mass is 397 g/mol.